The minimum atomic E-state index is 0.225. The first-order valence-electron chi connectivity index (χ1n) is 6.47. The zero-order valence-corrected chi connectivity index (χ0v) is 11.5. The molecule has 19 heavy (non-hydrogen) atoms. The maximum atomic E-state index is 6.02. The maximum absolute atomic E-state index is 6.02. The number of aryl methyl sites for hydroxylation is 1. The van der Waals surface area contributed by atoms with Crippen molar-refractivity contribution in [2.45, 2.75) is 26.2 Å². The maximum Gasteiger partial charge on any atom is 0.241 e. The second-order valence-electron chi connectivity index (χ2n) is 4.47. The highest BCUT2D eigenvalue weighted by atomic mass is 35.5. The number of imidazole rings is 1. The zero-order chi connectivity index (χ0) is 13.2. The van der Waals surface area contributed by atoms with Gasteiger partial charge in [-0.3, -0.25) is 4.57 Å². The number of rotatable bonds is 3. The van der Waals surface area contributed by atoms with Crippen LogP contribution in [-0.4, -0.2) is 37.6 Å². The molecule has 0 aliphatic carbocycles. The lowest BCUT2D eigenvalue weighted by Crippen LogP contribution is -2.22. The Labute approximate surface area is 116 Å². The van der Waals surface area contributed by atoms with Crippen LogP contribution < -0.4 is 4.90 Å². The van der Waals surface area contributed by atoms with Gasteiger partial charge >= 0.3 is 0 Å². The molecular weight excluding hydrogens is 264 g/mol. The zero-order valence-electron chi connectivity index (χ0n) is 10.8. The molecule has 2 aromatic rings. The van der Waals surface area contributed by atoms with E-state index in [1.54, 1.807) is 6.20 Å². The Bertz CT molecular complexity index is 575. The third-order valence-electron chi connectivity index (χ3n) is 3.22. The van der Waals surface area contributed by atoms with Gasteiger partial charge in [0, 0.05) is 31.9 Å². The highest BCUT2D eigenvalue weighted by Crippen LogP contribution is 2.18. The average molecular weight is 279 g/mol. The molecule has 6 nitrogen and oxygen atoms in total. The van der Waals surface area contributed by atoms with E-state index < -0.39 is 0 Å². The van der Waals surface area contributed by atoms with Gasteiger partial charge in [-0.25, -0.2) is 4.98 Å². The van der Waals surface area contributed by atoms with Crippen LogP contribution in [0.1, 0.15) is 25.6 Å². The van der Waals surface area contributed by atoms with Crippen molar-refractivity contribution in [1.29, 1.82) is 0 Å². The fraction of sp³-hybridized carbons (Fsp3) is 0.500. The van der Waals surface area contributed by atoms with Gasteiger partial charge in [0.15, 0.2) is 0 Å². The van der Waals surface area contributed by atoms with Crippen LogP contribution in [0.3, 0.4) is 0 Å². The molecule has 7 heteroatoms. The Kier molecular flexibility index (Phi) is 3.33. The molecule has 1 aliphatic heterocycles. The molecule has 0 aromatic carbocycles. The lowest BCUT2D eigenvalue weighted by molar-refractivity contribution is 0.801. The predicted molar refractivity (Wildman–Crippen MR) is 72.8 cm³/mol. The number of hydrogen-bond donors (Lipinski definition) is 0. The van der Waals surface area contributed by atoms with Crippen molar-refractivity contribution in [2.75, 3.05) is 18.0 Å². The topological polar surface area (TPSA) is 59.7 Å². The standard InChI is InChI=1S/C12H15ClN6/c1-2-9-14-5-8-19(9)12-16-10(13)15-11(17-12)18-6-3-4-7-18/h5,8H,2-4,6-7H2,1H3. The molecule has 0 atom stereocenters. The van der Waals surface area contributed by atoms with E-state index in [9.17, 15) is 0 Å². The number of anilines is 1. The molecule has 1 saturated heterocycles. The molecule has 0 N–H and O–H groups in total. The van der Waals surface area contributed by atoms with Gasteiger partial charge in [-0.05, 0) is 24.4 Å². The molecular formula is C12H15ClN6. The molecule has 2 aromatic heterocycles. The molecule has 0 bridgehead atoms. The van der Waals surface area contributed by atoms with Crippen LogP contribution in [0, 0.1) is 0 Å². The Morgan fingerprint density at radius 2 is 1.89 bits per heavy atom. The Balaban J connectivity index is 2.02. The summed E-state index contributed by atoms with van der Waals surface area (Å²) in [5.41, 5.74) is 0. The summed E-state index contributed by atoms with van der Waals surface area (Å²) in [6.07, 6.45) is 6.74. The predicted octanol–water partition coefficient (Wildman–Crippen LogP) is 1.87. The summed E-state index contributed by atoms with van der Waals surface area (Å²) in [6.45, 7) is 4.00. The minimum Gasteiger partial charge on any atom is -0.341 e. The van der Waals surface area contributed by atoms with E-state index in [1.807, 2.05) is 17.7 Å². The van der Waals surface area contributed by atoms with Crippen molar-refractivity contribution in [3.05, 3.63) is 23.5 Å². The minimum absolute atomic E-state index is 0.225. The van der Waals surface area contributed by atoms with Gasteiger partial charge in [0.25, 0.3) is 0 Å². The van der Waals surface area contributed by atoms with Crippen LogP contribution in [0.25, 0.3) is 5.95 Å². The van der Waals surface area contributed by atoms with Gasteiger partial charge in [-0.1, -0.05) is 6.92 Å². The molecule has 0 spiro atoms. The first-order valence-corrected chi connectivity index (χ1v) is 6.85. The van der Waals surface area contributed by atoms with Crippen molar-refractivity contribution in [3.8, 4) is 5.95 Å². The second-order valence-corrected chi connectivity index (χ2v) is 4.80. The molecule has 100 valence electrons. The van der Waals surface area contributed by atoms with Crippen LogP contribution in [0.5, 0.6) is 0 Å². The van der Waals surface area contributed by atoms with Gasteiger partial charge in [0.05, 0.1) is 0 Å². The summed E-state index contributed by atoms with van der Waals surface area (Å²) in [6, 6.07) is 0. The first kappa shape index (κ1) is 12.3. The molecule has 0 unspecified atom stereocenters. The van der Waals surface area contributed by atoms with Crippen molar-refractivity contribution in [2.24, 2.45) is 0 Å². The Morgan fingerprint density at radius 3 is 2.63 bits per heavy atom. The molecule has 1 fully saturated rings. The van der Waals surface area contributed by atoms with Crippen LogP contribution in [-0.2, 0) is 6.42 Å². The lowest BCUT2D eigenvalue weighted by atomic mass is 10.4. The fourth-order valence-electron chi connectivity index (χ4n) is 2.27. The largest absolute Gasteiger partial charge is 0.341 e. The summed E-state index contributed by atoms with van der Waals surface area (Å²) >= 11 is 6.02. The van der Waals surface area contributed by atoms with E-state index in [0.717, 1.165) is 25.3 Å². The van der Waals surface area contributed by atoms with Gasteiger partial charge < -0.3 is 4.90 Å². The SMILES string of the molecule is CCc1nccn1-c1nc(Cl)nc(N2CCCC2)n1. The lowest BCUT2D eigenvalue weighted by Gasteiger charge is -2.15. The molecule has 0 radical (unpaired) electrons. The normalized spacial score (nSPS) is 15.2. The summed E-state index contributed by atoms with van der Waals surface area (Å²) in [5.74, 6) is 2.11. The van der Waals surface area contributed by atoms with Crippen molar-refractivity contribution in [3.63, 3.8) is 0 Å². The highest BCUT2D eigenvalue weighted by Gasteiger charge is 2.18. The molecule has 0 saturated carbocycles. The smallest absolute Gasteiger partial charge is 0.241 e. The van der Waals surface area contributed by atoms with Crippen LogP contribution in [0.4, 0.5) is 5.95 Å². The van der Waals surface area contributed by atoms with Crippen LogP contribution in [0.15, 0.2) is 12.4 Å². The average Bonchev–Trinajstić information content (AvgIpc) is 3.09. The van der Waals surface area contributed by atoms with E-state index in [-0.39, 0.29) is 5.28 Å². The number of hydrogen-bond acceptors (Lipinski definition) is 5. The molecule has 0 amide bonds. The summed E-state index contributed by atoms with van der Waals surface area (Å²) in [7, 11) is 0. The summed E-state index contributed by atoms with van der Waals surface area (Å²) in [5, 5.41) is 0.225. The van der Waals surface area contributed by atoms with Crippen molar-refractivity contribution in [1.82, 2.24) is 24.5 Å². The molecule has 3 heterocycles. The van der Waals surface area contributed by atoms with Gasteiger partial charge in [0.1, 0.15) is 5.82 Å². The molecule has 1 aliphatic rings. The number of halogens is 1. The third-order valence-corrected chi connectivity index (χ3v) is 3.39. The van der Waals surface area contributed by atoms with E-state index in [4.69, 9.17) is 11.6 Å². The first-order chi connectivity index (χ1) is 9.28. The quantitative estimate of drug-likeness (QED) is 0.858. The van der Waals surface area contributed by atoms with Crippen molar-refractivity contribution < 1.29 is 0 Å². The number of nitrogens with zero attached hydrogens (tertiary/aromatic N) is 6. The Morgan fingerprint density at radius 1 is 1.16 bits per heavy atom. The highest BCUT2D eigenvalue weighted by molar-refractivity contribution is 6.28. The van der Waals surface area contributed by atoms with Crippen LogP contribution >= 0.6 is 11.6 Å². The summed E-state index contributed by atoms with van der Waals surface area (Å²) in [4.78, 5) is 19.3. The van der Waals surface area contributed by atoms with Gasteiger partial charge in [-0.15, -0.1) is 0 Å². The monoisotopic (exact) mass is 278 g/mol. The van der Waals surface area contributed by atoms with Gasteiger partial charge in [-0.2, -0.15) is 15.0 Å². The van der Waals surface area contributed by atoms with E-state index >= 15 is 0 Å². The number of aromatic nitrogens is 5. The van der Waals surface area contributed by atoms with Crippen LogP contribution in [0.2, 0.25) is 5.28 Å². The molecule has 3 rings (SSSR count). The van der Waals surface area contributed by atoms with E-state index in [0.29, 0.717) is 11.9 Å². The van der Waals surface area contributed by atoms with Gasteiger partial charge in [0.2, 0.25) is 17.2 Å². The van der Waals surface area contributed by atoms with E-state index in [2.05, 4.69) is 24.8 Å². The third kappa shape index (κ3) is 2.40. The van der Waals surface area contributed by atoms with E-state index in [1.165, 1.54) is 12.8 Å². The fourth-order valence-corrected chi connectivity index (χ4v) is 2.42. The van der Waals surface area contributed by atoms with Crippen molar-refractivity contribution >= 4 is 17.5 Å². The Hall–Kier alpha value is -1.69. The second kappa shape index (κ2) is 5.13. The summed E-state index contributed by atoms with van der Waals surface area (Å²) < 4.78 is 1.85.